The van der Waals surface area contributed by atoms with Gasteiger partial charge in [0.05, 0.1) is 0 Å². The van der Waals surface area contributed by atoms with Gasteiger partial charge in [-0.3, -0.25) is 4.79 Å². The lowest BCUT2D eigenvalue weighted by Crippen LogP contribution is -2.29. The maximum atomic E-state index is 11.6. The molecule has 0 heterocycles. The third-order valence-electron chi connectivity index (χ3n) is 2.61. The minimum atomic E-state index is 0.245. The van der Waals surface area contributed by atoms with Crippen molar-refractivity contribution in [3.8, 4) is 0 Å². The van der Waals surface area contributed by atoms with Crippen molar-refractivity contribution in [3.05, 3.63) is 11.6 Å². The Morgan fingerprint density at radius 1 is 1.23 bits per heavy atom. The molecule has 1 fully saturated rings. The highest BCUT2D eigenvalue weighted by molar-refractivity contribution is 5.92. The van der Waals surface area contributed by atoms with E-state index >= 15 is 0 Å². The van der Waals surface area contributed by atoms with Gasteiger partial charge in [-0.2, -0.15) is 0 Å². The molecule has 0 amide bonds. The molecule has 1 rings (SSSR count). The van der Waals surface area contributed by atoms with Crippen LogP contribution in [0.25, 0.3) is 0 Å². The van der Waals surface area contributed by atoms with Crippen molar-refractivity contribution in [2.45, 2.75) is 45.6 Å². The van der Waals surface area contributed by atoms with E-state index in [2.05, 4.69) is 0 Å². The predicted molar refractivity (Wildman–Crippen MR) is 54.4 cm³/mol. The number of ketones is 1. The van der Waals surface area contributed by atoms with Crippen LogP contribution in [0.2, 0.25) is 0 Å². The van der Waals surface area contributed by atoms with Crippen LogP contribution in [0.1, 0.15) is 39.5 Å². The average molecular weight is 181 g/mol. The van der Waals surface area contributed by atoms with Crippen molar-refractivity contribution >= 4 is 5.78 Å². The van der Waals surface area contributed by atoms with Gasteiger partial charge in [0.2, 0.25) is 0 Å². The zero-order chi connectivity index (χ0) is 9.84. The van der Waals surface area contributed by atoms with Crippen LogP contribution < -0.4 is 5.73 Å². The van der Waals surface area contributed by atoms with Gasteiger partial charge >= 0.3 is 0 Å². The van der Waals surface area contributed by atoms with Gasteiger partial charge < -0.3 is 5.73 Å². The fourth-order valence-electron chi connectivity index (χ4n) is 1.81. The van der Waals surface area contributed by atoms with Gasteiger partial charge in [-0.05, 0) is 45.6 Å². The highest BCUT2D eigenvalue weighted by atomic mass is 16.1. The zero-order valence-corrected chi connectivity index (χ0v) is 8.55. The maximum absolute atomic E-state index is 11.6. The summed E-state index contributed by atoms with van der Waals surface area (Å²) in [6, 6.07) is 0.329. The van der Waals surface area contributed by atoms with Crippen molar-refractivity contribution in [3.63, 3.8) is 0 Å². The van der Waals surface area contributed by atoms with Gasteiger partial charge in [0.1, 0.15) is 0 Å². The van der Waals surface area contributed by atoms with E-state index in [1.54, 1.807) is 6.08 Å². The normalized spacial score (nSPS) is 28.2. The molecule has 0 atom stereocenters. The fourth-order valence-corrected chi connectivity index (χ4v) is 1.81. The summed E-state index contributed by atoms with van der Waals surface area (Å²) in [4.78, 5) is 11.6. The minimum Gasteiger partial charge on any atom is -0.328 e. The first-order valence-electron chi connectivity index (χ1n) is 5.04. The van der Waals surface area contributed by atoms with Crippen LogP contribution in [0.4, 0.5) is 0 Å². The molecule has 0 saturated heterocycles. The van der Waals surface area contributed by atoms with Gasteiger partial charge in [0.15, 0.2) is 5.78 Å². The summed E-state index contributed by atoms with van der Waals surface area (Å²) in [6.45, 7) is 3.93. The molecule has 0 unspecified atom stereocenters. The van der Waals surface area contributed by atoms with E-state index in [1.807, 2.05) is 13.8 Å². The number of carbonyl (C=O) groups is 1. The topological polar surface area (TPSA) is 43.1 Å². The lowest BCUT2D eigenvalue weighted by atomic mass is 9.83. The molecule has 0 aromatic heterocycles. The molecule has 1 saturated carbocycles. The molecule has 0 radical (unpaired) electrons. The molecule has 0 spiro atoms. The highest BCUT2D eigenvalue weighted by Gasteiger charge is 2.22. The zero-order valence-electron chi connectivity index (χ0n) is 8.55. The number of nitrogens with two attached hydrogens (primary N) is 1. The summed E-state index contributed by atoms with van der Waals surface area (Å²) in [7, 11) is 0. The monoisotopic (exact) mass is 181 g/mol. The van der Waals surface area contributed by atoms with Crippen molar-refractivity contribution in [1.82, 2.24) is 0 Å². The Hall–Kier alpha value is -0.630. The lowest BCUT2D eigenvalue weighted by Gasteiger charge is -2.24. The number of carbonyl (C=O) groups excluding carboxylic acids is 1. The van der Waals surface area contributed by atoms with Crippen molar-refractivity contribution in [2.75, 3.05) is 0 Å². The van der Waals surface area contributed by atoms with Crippen LogP contribution in [-0.2, 0) is 4.79 Å². The van der Waals surface area contributed by atoms with Crippen LogP contribution in [-0.4, -0.2) is 11.8 Å². The Labute approximate surface area is 80.2 Å². The first-order valence-corrected chi connectivity index (χ1v) is 5.04. The van der Waals surface area contributed by atoms with Crippen LogP contribution in [0, 0.1) is 5.92 Å². The van der Waals surface area contributed by atoms with Crippen LogP contribution in [0.15, 0.2) is 11.6 Å². The Bertz CT molecular complexity index is 208. The SMILES string of the molecule is CC(C)=CC(=O)C1CCC(N)CC1. The van der Waals surface area contributed by atoms with Crippen LogP contribution in [0.5, 0.6) is 0 Å². The Kier molecular flexibility index (Phi) is 3.67. The fraction of sp³-hybridized carbons (Fsp3) is 0.727. The lowest BCUT2D eigenvalue weighted by molar-refractivity contribution is -0.119. The minimum absolute atomic E-state index is 0.245. The first kappa shape index (κ1) is 10.5. The van der Waals surface area contributed by atoms with Gasteiger partial charge in [-0.1, -0.05) is 5.57 Å². The van der Waals surface area contributed by atoms with Crippen molar-refractivity contribution in [2.24, 2.45) is 11.7 Å². The van der Waals surface area contributed by atoms with E-state index in [-0.39, 0.29) is 5.92 Å². The number of hydrogen-bond acceptors (Lipinski definition) is 2. The number of allylic oxidation sites excluding steroid dienone is 2. The molecule has 1 aliphatic carbocycles. The predicted octanol–water partition coefficient (Wildman–Crippen LogP) is 2.04. The Morgan fingerprint density at radius 2 is 1.77 bits per heavy atom. The van der Waals surface area contributed by atoms with Crippen molar-refractivity contribution < 1.29 is 4.79 Å². The molecule has 2 N–H and O–H groups in total. The molecule has 0 aromatic rings. The van der Waals surface area contributed by atoms with Gasteiger partial charge in [0.25, 0.3) is 0 Å². The number of rotatable bonds is 2. The molecular formula is C11H19NO. The summed E-state index contributed by atoms with van der Waals surface area (Å²) in [5.74, 6) is 0.543. The molecule has 0 aliphatic heterocycles. The Morgan fingerprint density at radius 3 is 2.23 bits per heavy atom. The highest BCUT2D eigenvalue weighted by Crippen LogP contribution is 2.24. The molecule has 2 nitrogen and oxygen atoms in total. The van der Waals surface area contributed by atoms with E-state index in [0.717, 1.165) is 31.3 Å². The summed E-state index contributed by atoms with van der Waals surface area (Å²) in [6.07, 6.45) is 5.73. The van der Waals surface area contributed by atoms with E-state index in [4.69, 9.17) is 5.73 Å². The smallest absolute Gasteiger partial charge is 0.158 e. The molecular weight excluding hydrogens is 162 g/mol. The number of hydrogen-bond donors (Lipinski definition) is 1. The second-order valence-electron chi connectivity index (χ2n) is 4.24. The molecule has 1 aliphatic rings. The second kappa shape index (κ2) is 4.56. The van der Waals surface area contributed by atoms with Crippen LogP contribution >= 0.6 is 0 Å². The summed E-state index contributed by atoms with van der Waals surface area (Å²) in [5.41, 5.74) is 6.87. The van der Waals surface area contributed by atoms with E-state index in [9.17, 15) is 4.79 Å². The van der Waals surface area contributed by atoms with Crippen molar-refractivity contribution in [1.29, 1.82) is 0 Å². The molecule has 13 heavy (non-hydrogen) atoms. The molecule has 0 aromatic carbocycles. The van der Waals surface area contributed by atoms with Gasteiger partial charge in [-0.15, -0.1) is 0 Å². The third kappa shape index (κ3) is 3.31. The summed E-state index contributed by atoms with van der Waals surface area (Å²) >= 11 is 0. The van der Waals surface area contributed by atoms with E-state index < -0.39 is 0 Å². The average Bonchev–Trinajstić information content (AvgIpc) is 2.04. The Balaban J connectivity index is 2.45. The summed E-state index contributed by atoms with van der Waals surface area (Å²) in [5, 5.41) is 0. The largest absolute Gasteiger partial charge is 0.328 e. The first-order chi connectivity index (χ1) is 6.09. The molecule has 74 valence electrons. The third-order valence-corrected chi connectivity index (χ3v) is 2.61. The quantitative estimate of drug-likeness (QED) is 0.662. The van der Waals surface area contributed by atoms with E-state index in [0.29, 0.717) is 11.8 Å². The van der Waals surface area contributed by atoms with E-state index in [1.165, 1.54) is 0 Å². The standard InChI is InChI=1S/C11H19NO/c1-8(2)7-11(13)9-3-5-10(12)6-4-9/h7,9-10H,3-6,12H2,1-2H3. The van der Waals surface area contributed by atoms with Gasteiger partial charge in [-0.25, -0.2) is 0 Å². The van der Waals surface area contributed by atoms with Gasteiger partial charge in [0, 0.05) is 12.0 Å². The maximum Gasteiger partial charge on any atom is 0.158 e. The summed E-state index contributed by atoms with van der Waals surface area (Å²) < 4.78 is 0. The van der Waals surface area contributed by atoms with Crippen LogP contribution in [0.3, 0.4) is 0 Å². The molecule has 2 heteroatoms. The second-order valence-corrected chi connectivity index (χ2v) is 4.24. The molecule has 0 bridgehead atoms.